The Morgan fingerprint density at radius 3 is 2.25 bits per heavy atom. The summed E-state index contributed by atoms with van der Waals surface area (Å²) >= 11 is 0. The quantitative estimate of drug-likeness (QED) is 0.186. The van der Waals surface area contributed by atoms with Crippen LogP contribution in [0.4, 0.5) is 17.6 Å². The van der Waals surface area contributed by atoms with E-state index in [4.69, 9.17) is 9.47 Å². The minimum absolute atomic E-state index is 0.0273. The number of hydrogen-bond donors (Lipinski definition) is 0. The summed E-state index contributed by atoms with van der Waals surface area (Å²) in [6.07, 6.45) is 18.3. The summed E-state index contributed by atoms with van der Waals surface area (Å²) in [5, 5.41) is 0. The Bertz CT molecular complexity index is 1300. The molecule has 0 bridgehead atoms. The van der Waals surface area contributed by atoms with Gasteiger partial charge >= 0.3 is 0 Å². The van der Waals surface area contributed by atoms with Crippen LogP contribution < -0.4 is 4.74 Å². The molecule has 0 amide bonds. The number of allylic oxidation sites excluding steroid dienone is 4. The molecule has 3 aliphatic carbocycles. The van der Waals surface area contributed by atoms with Gasteiger partial charge in [0, 0.05) is 12.2 Å². The molecule has 0 spiro atoms. The predicted molar refractivity (Wildman–Crippen MR) is 169 cm³/mol. The molecule has 1 atom stereocenters. The van der Waals surface area contributed by atoms with Crippen molar-refractivity contribution < 1.29 is 27.0 Å². The summed E-state index contributed by atoms with van der Waals surface area (Å²) < 4.78 is 70.3. The van der Waals surface area contributed by atoms with Crippen LogP contribution in [0.25, 0.3) is 5.57 Å². The van der Waals surface area contributed by atoms with E-state index in [1.165, 1.54) is 18.9 Å². The molecular weight excluding hydrogens is 564 g/mol. The van der Waals surface area contributed by atoms with E-state index in [1.54, 1.807) is 25.1 Å². The maximum absolute atomic E-state index is 14.9. The summed E-state index contributed by atoms with van der Waals surface area (Å²) in [6.45, 7) is 4.76. The SMILES string of the molecule is CC=CCCc1ccc(C2CCC(OCC3CCC(C4CC=C(c5ccc(OCC)c(F)c5F)CC4)CC3)CC2)c(F)c1F. The molecular formula is C38H48F4O2. The Balaban J connectivity index is 1.03. The monoisotopic (exact) mass is 612 g/mol. The van der Waals surface area contributed by atoms with Crippen LogP contribution in [0.3, 0.4) is 0 Å². The Labute approximate surface area is 260 Å². The third kappa shape index (κ3) is 7.78. The molecule has 2 nitrogen and oxygen atoms in total. The van der Waals surface area contributed by atoms with E-state index in [0.717, 1.165) is 70.0 Å². The van der Waals surface area contributed by atoms with Gasteiger partial charge in [0.1, 0.15) is 0 Å². The fourth-order valence-corrected chi connectivity index (χ4v) is 7.73. The topological polar surface area (TPSA) is 18.5 Å². The molecule has 0 heterocycles. The molecule has 2 saturated carbocycles. The molecule has 0 saturated heterocycles. The van der Waals surface area contributed by atoms with Crippen LogP contribution in [0.1, 0.15) is 114 Å². The zero-order valence-corrected chi connectivity index (χ0v) is 26.4. The van der Waals surface area contributed by atoms with Gasteiger partial charge in [-0.05, 0) is 150 Å². The van der Waals surface area contributed by atoms with Crippen molar-refractivity contribution in [2.24, 2.45) is 17.8 Å². The molecule has 44 heavy (non-hydrogen) atoms. The van der Waals surface area contributed by atoms with Crippen LogP contribution in [0.2, 0.25) is 0 Å². The van der Waals surface area contributed by atoms with E-state index in [0.29, 0.717) is 53.9 Å². The van der Waals surface area contributed by atoms with Gasteiger partial charge in [-0.2, -0.15) is 4.39 Å². The zero-order valence-electron chi connectivity index (χ0n) is 26.4. The lowest BCUT2D eigenvalue weighted by atomic mass is 9.71. The second kappa shape index (κ2) is 15.6. The fourth-order valence-electron chi connectivity index (χ4n) is 7.73. The molecule has 3 aliphatic rings. The molecule has 240 valence electrons. The van der Waals surface area contributed by atoms with Crippen LogP contribution in [-0.2, 0) is 11.2 Å². The fraction of sp³-hybridized carbons (Fsp3) is 0.579. The Hall–Kier alpha value is -2.60. The lowest BCUT2D eigenvalue weighted by Gasteiger charge is -2.36. The van der Waals surface area contributed by atoms with Crippen LogP contribution in [-0.4, -0.2) is 19.3 Å². The molecule has 1 unspecified atom stereocenters. The van der Waals surface area contributed by atoms with E-state index in [9.17, 15) is 17.6 Å². The highest BCUT2D eigenvalue weighted by molar-refractivity contribution is 5.67. The highest BCUT2D eigenvalue weighted by Crippen LogP contribution is 2.43. The van der Waals surface area contributed by atoms with Crippen molar-refractivity contribution in [1.29, 1.82) is 0 Å². The van der Waals surface area contributed by atoms with Gasteiger partial charge < -0.3 is 9.47 Å². The van der Waals surface area contributed by atoms with Gasteiger partial charge in [-0.15, -0.1) is 0 Å². The average molecular weight is 613 g/mol. The van der Waals surface area contributed by atoms with Gasteiger partial charge in [0.05, 0.1) is 12.7 Å². The van der Waals surface area contributed by atoms with Crippen molar-refractivity contribution in [3.63, 3.8) is 0 Å². The van der Waals surface area contributed by atoms with Crippen LogP contribution in [0, 0.1) is 41.0 Å². The number of aryl methyl sites for hydroxylation is 1. The third-order valence-corrected chi connectivity index (χ3v) is 10.4. The molecule has 2 aromatic rings. The first-order chi connectivity index (χ1) is 21.4. The maximum atomic E-state index is 14.9. The first-order valence-electron chi connectivity index (χ1n) is 16.9. The van der Waals surface area contributed by atoms with Crippen molar-refractivity contribution in [2.75, 3.05) is 13.2 Å². The highest BCUT2D eigenvalue weighted by Gasteiger charge is 2.31. The van der Waals surface area contributed by atoms with Gasteiger partial charge in [-0.3, -0.25) is 0 Å². The van der Waals surface area contributed by atoms with E-state index in [1.807, 2.05) is 19.1 Å². The molecule has 0 N–H and O–H groups in total. The summed E-state index contributed by atoms with van der Waals surface area (Å²) in [5.41, 5.74) is 2.25. The molecule has 0 radical (unpaired) electrons. The maximum Gasteiger partial charge on any atom is 0.201 e. The van der Waals surface area contributed by atoms with E-state index in [-0.39, 0.29) is 17.8 Å². The molecule has 5 rings (SSSR count). The van der Waals surface area contributed by atoms with Crippen molar-refractivity contribution in [3.8, 4) is 5.75 Å². The normalized spacial score (nSPS) is 26.1. The molecule has 6 heteroatoms. The van der Waals surface area contributed by atoms with E-state index >= 15 is 0 Å². The lowest BCUT2D eigenvalue weighted by Crippen LogP contribution is -2.28. The van der Waals surface area contributed by atoms with E-state index < -0.39 is 23.3 Å². The minimum atomic E-state index is -0.897. The first-order valence-corrected chi connectivity index (χ1v) is 16.9. The molecule has 2 aromatic carbocycles. The molecule has 0 aliphatic heterocycles. The Morgan fingerprint density at radius 1 is 0.795 bits per heavy atom. The van der Waals surface area contributed by atoms with Crippen molar-refractivity contribution in [1.82, 2.24) is 0 Å². The average Bonchev–Trinajstić information content (AvgIpc) is 3.05. The van der Waals surface area contributed by atoms with Gasteiger partial charge in [-0.1, -0.05) is 30.4 Å². The highest BCUT2D eigenvalue weighted by atomic mass is 19.2. The van der Waals surface area contributed by atoms with Crippen LogP contribution in [0.15, 0.2) is 42.5 Å². The van der Waals surface area contributed by atoms with E-state index in [2.05, 4.69) is 6.08 Å². The zero-order chi connectivity index (χ0) is 31.1. The summed E-state index contributed by atoms with van der Waals surface area (Å²) in [5.74, 6) is -1.17. The standard InChI is InChI=1S/C38H48F4O2/c1-3-5-6-7-30-18-21-32(36(40)35(30)39)29-16-19-31(20-17-29)44-24-25-8-10-26(11-9-25)27-12-14-28(15-13-27)33-22-23-34(43-4-2)38(42)37(33)41/h3,5,14,18,21-23,25-27,29,31H,4,6-13,15-17,19-20,24H2,1-2H3. The number of hydrogen-bond acceptors (Lipinski definition) is 2. The van der Waals surface area contributed by atoms with Crippen molar-refractivity contribution >= 4 is 5.57 Å². The summed E-state index contributed by atoms with van der Waals surface area (Å²) in [7, 11) is 0. The number of rotatable bonds is 11. The first kappa shape index (κ1) is 32.8. The minimum Gasteiger partial charge on any atom is -0.491 e. The van der Waals surface area contributed by atoms with Crippen molar-refractivity contribution in [2.45, 2.75) is 109 Å². The second-order valence-electron chi connectivity index (χ2n) is 13.1. The second-order valence-corrected chi connectivity index (χ2v) is 13.1. The number of benzene rings is 2. The van der Waals surface area contributed by atoms with Crippen molar-refractivity contribution in [3.05, 3.63) is 82.5 Å². The molecule has 2 fully saturated rings. The Kier molecular flexibility index (Phi) is 11.6. The smallest absolute Gasteiger partial charge is 0.201 e. The third-order valence-electron chi connectivity index (χ3n) is 10.4. The predicted octanol–water partition coefficient (Wildman–Crippen LogP) is 10.9. The number of ether oxygens (including phenoxy) is 2. The largest absolute Gasteiger partial charge is 0.491 e. The summed E-state index contributed by atoms with van der Waals surface area (Å²) in [6, 6.07) is 6.75. The van der Waals surface area contributed by atoms with Gasteiger partial charge in [0.25, 0.3) is 0 Å². The van der Waals surface area contributed by atoms with Crippen LogP contribution in [0.5, 0.6) is 5.75 Å². The Morgan fingerprint density at radius 2 is 1.57 bits per heavy atom. The van der Waals surface area contributed by atoms with Crippen LogP contribution >= 0.6 is 0 Å². The number of halogens is 4. The lowest BCUT2D eigenvalue weighted by molar-refractivity contribution is -0.00689. The van der Waals surface area contributed by atoms with Gasteiger partial charge in [0.15, 0.2) is 23.2 Å². The summed E-state index contributed by atoms with van der Waals surface area (Å²) in [4.78, 5) is 0. The van der Waals surface area contributed by atoms with Gasteiger partial charge in [0.2, 0.25) is 5.82 Å². The molecule has 0 aromatic heterocycles. The van der Waals surface area contributed by atoms with Gasteiger partial charge in [-0.25, -0.2) is 13.2 Å².